The van der Waals surface area contributed by atoms with E-state index < -0.39 is 53.6 Å². The van der Waals surface area contributed by atoms with Crippen molar-refractivity contribution >= 4 is 23.7 Å². The molecule has 4 rings (SSSR count). The Labute approximate surface area is 274 Å². The Kier molecular flexibility index (Phi) is 12.0. The molecule has 1 saturated carbocycles. The molecule has 10 nitrogen and oxygen atoms in total. The predicted molar refractivity (Wildman–Crippen MR) is 163 cm³/mol. The Morgan fingerprint density at radius 2 is 1.48 bits per heavy atom. The second-order valence-corrected chi connectivity index (χ2v) is 12.3. The number of carbonyl (C=O) groups excluding carboxylic acids is 1. The second-order valence-electron chi connectivity index (χ2n) is 12.3. The van der Waals surface area contributed by atoms with Gasteiger partial charge in [-0.05, 0) is 75.1 Å². The van der Waals surface area contributed by atoms with Crippen molar-refractivity contribution < 1.29 is 50.9 Å². The number of alkyl halides is 6. The van der Waals surface area contributed by atoms with Crippen LogP contribution in [0.1, 0.15) is 81.9 Å². The van der Waals surface area contributed by atoms with Crippen LogP contribution in [0, 0.1) is 5.92 Å². The summed E-state index contributed by atoms with van der Waals surface area (Å²) in [4.78, 5) is 36.9. The standard InChI is InChI=1S/C32H41F6N5O5/c1-3-24-14-26(15-25(4-2)43(24)30(47)48-27-7-5-20(6-8-27)28(45)46)42(29-40-16-23(17-41-29)39-9-10-44)18-19-11-21(31(33,34)35)13-22(12-19)32(36,37)38/h11-13,16-17,20,24-27,39,44H,3-10,14-15,18H2,1-2H3,(H,45,46). The minimum absolute atomic E-state index is 0.0800. The molecule has 3 N–H and O–H groups in total. The van der Waals surface area contributed by atoms with Crippen LogP contribution in [0.5, 0.6) is 0 Å². The lowest BCUT2D eigenvalue weighted by atomic mass is 9.87. The number of carboxylic acids is 1. The van der Waals surface area contributed by atoms with E-state index in [1.54, 1.807) is 9.80 Å². The minimum Gasteiger partial charge on any atom is -0.481 e. The number of nitrogens with zero attached hydrogens (tertiary/aromatic N) is 4. The van der Waals surface area contributed by atoms with Crippen LogP contribution in [0.15, 0.2) is 30.6 Å². The highest BCUT2D eigenvalue weighted by Gasteiger charge is 2.42. The summed E-state index contributed by atoms with van der Waals surface area (Å²) in [6.45, 7) is 3.44. The van der Waals surface area contributed by atoms with Crippen molar-refractivity contribution in [3.8, 4) is 0 Å². The Morgan fingerprint density at radius 3 is 1.94 bits per heavy atom. The van der Waals surface area contributed by atoms with Gasteiger partial charge >= 0.3 is 24.4 Å². The number of rotatable bonds is 11. The van der Waals surface area contributed by atoms with Gasteiger partial charge in [-0.3, -0.25) is 4.79 Å². The normalized spacial score (nSPS) is 23.4. The van der Waals surface area contributed by atoms with E-state index in [0.717, 1.165) is 0 Å². The van der Waals surface area contributed by atoms with Crippen LogP contribution in [-0.2, 0) is 28.4 Å². The SMILES string of the molecule is CCC1CC(N(Cc2cc(C(F)(F)F)cc(C(F)(F)F)c2)c2ncc(NCCO)cn2)CC(CC)N1C(=O)OC1CCC(C(=O)O)CC1. The molecule has 1 amide bonds. The van der Waals surface area contributed by atoms with Crippen LogP contribution in [-0.4, -0.2) is 74.5 Å². The molecule has 1 aliphatic heterocycles. The summed E-state index contributed by atoms with van der Waals surface area (Å²) < 4.78 is 88.2. The molecule has 2 fully saturated rings. The number of benzene rings is 1. The summed E-state index contributed by atoms with van der Waals surface area (Å²) in [6, 6.07) is 0.243. The lowest BCUT2D eigenvalue weighted by molar-refractivity contribution is -0.144. The van der Waals surface area contributed by atoms with Gasteiger partial charge in [0, 0.05) is 31.2 Å². The molecule has 2 unspecified atom stereocenters. The average molecular weight is 690 g/mol. The van der Waals surface area contributed by atoms with Crippen molar-refractivity contribution in [3.63, 3.8) is 0 Å². The number of aliphatic hydroxyl groups excluding tert-OH is 1. The van der Waals surface area contributed by atoms with Gasteiger partial charge in [0.1, 0.15) is 6.10 Å². The number of piperidine rings is 1. The number of anilines is 2. The Balaban J connectivity index is 1.64. The highest BCUT2D eigenvalue weighted by Crippen LogP contribution is 2.38. The van der Waals surface area contributed by atoms with E-state index in [4.69, 9.17) is 9.84 Å². The number of carbonyl (C=O) groups is 2. The molecule has 2 aliphatic rings. The molecular weight excluding hydrogens is 648 g/mol. The third-order valence-corrected chi connectivity index (χ3v) is 9.10. The monoisotopic (exact) mass is 689 g/mol. The molecule has 266 valence electrons. The van der Waals surface area contributed by atoms with Crippen LogP contribution >= 0.6 is 0 Å². The van der Waals surface area contributed by atoms with Gasteiger partial charge in [-0.2, -0.15) is 26.3 Å². The van der Waals surface area contributed by atoms with Crippen molar-refractivity contribution in [1.29, 1.82) is 0 Å². The Bertz CT molecular complexity index is 1340. The smallest absolute Gasteiger partial charge is 0.416 e. The maximum absolute atomic E-state index is 13.7. The highest BCUT2D eigenvalue weighted by molar-refractivity contribution is 5.70. The van der Waals surface area contributed by atoms with Gasteiger partial charge in [0.05, 0.1) is 41.7 Å². The number of likely N-dealkylation sites (tertiary alicyclic amines) is 1. The largest absolute Gasteiger partial charge is 0.481 e. The third kappa shape index (κ3) is 9.20. The van der Waals surface area contributed by atoms with Crippen LogP contribution in [0.4, 0.5) is 42.8 Å². The average Bonchev–Trinajstić information content (AvgIpc) is 3.05. The lowest BCUT2D eigenvalue weighted by Crippen LogP contribution is -2.57. The number of carboxylic acid groups (broad SMARTS) is 1. The molecule has 1 aromatic carbocycles. The zero-order valence-electron chi connectivity index (χ0n) is 26.7. The first-order chi connectivity index (χ1) is 22.6. The number of nitrogens with one attached hydrogen (secondary N) is 1. The lowest BCUT2D eigenvalue weighted by Gasteiger charge is -2.47. The molecule has 2 atom stereocenters. The van der Waals surface area contributed by atoms with Crippen LogP contribution in [0.25, 0.3) is 0 Å². The molecule has 16 heteroatoms. The summed E-state index contributed by atoms with van der Waals surface area (Å²) in [5, 5.41) is 21.3. The summed E-state index contributed by atoms with van der Waals surface area (Å²) in [6.07, 6.45) is -4.88. The molecule has 0 bridgehead atoms. The first-order valence-corrected chi connectivity index (χ1v) is 16.1. The molecule has 1 aliphatic carbocycles. The summed E-state index contributed by atoms with van der Waals surface area (Å²) in [7, 11) is 0. The number of aliphatic carboxylic acids is 1. The highest BCUT2D eigenvalue weighted by atomic mass is 19.4. The van der Waals surface area contributed by atoms with Gasteiger partial charge in [-0.15, -0.1) is 0 Å². The van der Waals surface area contributed by atoms with Crippen molar-refractivity contribution in [1.82, 2.24) is 14.9 Å². The van der Waals surface area contributed by atoms with Gasteiger partial charge in [-0.1, -0.05) is 13.8 Å². The van der Waals surface area contributed by atoms with E-state index in [9.17, 15) is 41.0 Å². The van der Waals surface area contributed by atoms with E-state index in [-0.39, 0.29) is 49.4 Å². The molecule has 2 heterocycles. The fraction of sp³-hybridized carbons (Fsp3) is 0.625. The number of amides is 1. The summed E-state index contributed by atoms with van der Waals surface area (Å²) in [5.74, 6) is -1.26. The fourth-order valence-electron chi connectivity index (χ4n) is 6.59. The van der Waals surface area contributed by atoms with Crippen molar-refractivity contribution in [3.05, 3.63) is 47.3 Å². The zero-order valence-corrected chi connectivity index (χ0v) is 26.7. The topological polar surface area (TPSA) is 128 Å². The summed E-state index contributed by atoms with van der Waals surface area (Å²) >= 11 is 0. The second kappa shape index (κ2) is 15.6. The summed E-state index contributed by atoms with van der Waals surface area (Å²) in [5.41, 5.74) is -2.63. The molecule has 1 aromatic heterocycles. The molecule has 48 heavy (non-hydrogen) atoms. The van der Waals surface area contributed by atoms with E-state index in [2.05, 4.69) is 15.3 Å². The van der Waals surface area contributed by atoms with Gasteiger partial charge in [0.25, 0.3) is 0 Å². The van der Waals surface area contributed by atoms with Gasteiger partial charge in [-0.25, -0.2) is 14.8 Å². The van der Waals surface area contributed by atoms with E-state index in [1.165, 1.54) is 12.4 Å². The van der Waals surface area contributed by atoms with E-state index in [0.29, 0.717) is 69.2 Å². The van der Waals surface area contributed by atoms with Crippen LogP contribution in [0.3, 0.4) is 0 Å². The first kappa shape index (κ1) is 37.0. The number of hydrogen-bond donors (Lipinski definition) is 3. The zero-order chi connectivity index (χ0) is 35.2. The van der Waals surface area contributed by atoms with E-state index >= 15 is 0 Å². The molecular formula is C32H41F6N5O5. The maximum atomic E-state index is 13.7. The van der Waals surface area contributed by atoms with Crippen molar-refractivity contribution in [2.24, 2.45) is 5.92 Å². The predicted octanol–water partition coefficient (Wildman–Crippen LogP) is 6.73. The van der Waals surface area contributed by atoms with E-state index in [1.807, 2.05) is 13.8 Å². The van der Waals surface area contributed by atoms with Crippen LogP contribution in [0.2, 0.25) is 0 Å². The van der Waals surface area contributed by atoms with Crippen molar-refractivity contribution in [2.75, 3.05) is 23.4 Å². The molecule has 0 spiro atoms. The van der Waals surface area contributed by atoms with Gasteiger partial charge in [0.2, 0.25) is 5.95 Å². The first-order valence-electron chi connectivity index (χ1n) is 16.1. The quantitative estimate of drug-likeness (QED) is 0.220. The number of aromatic nitrogens is 2. The number of aliphatic hydroxyl groups is 1. The van der Waals surface area contributed by atoms with Gasteiger partial charge in [0.15, 0.2) is 0 Å². The molecule has 1 saturated heterocycles. The molecule has 0 radical (unpaired) electrons. The van der Waals surface area contributed by atoms with Gasteiger partial charge < -0.3 is 30.1 Å². The van der Waals surface area contributed by atoms with Crippen LogP contribution < -0.4 is 10.2 Å². The third-order valence-electron chi connectivity index (χ3n) is 9.10. The Morgan fingerprint density at radius 1 is 0.938 bits per heavy atom. The number of ether oxygens (including phenoxy) is 1. The number of halogens is 6. The molecule has 2 aromatic rings. The maximum Gasteiger partial charge on any atom is 0.416 e. The minimum atomic E-state index is -5.02. The fourth-order valence-corrected chi connectivity index (χ4v) is 6.59. The number of hydrogen-bond acceptors (Lipinski definition) is 8. The van der Waals surface area contributed by atoms with Crippen molar-refractivity contribution in [2.45, 2.75) is 108 Å². The Hall–Kier alpha value is -3.82.